The highest BCUT2D eigenvalue weighted by atomic mass is 35.5. The Labute approximate surface area is 170 Å². The van der Waals surface area contributed by atoms with Crippen molar-refractivity contribution in [2.45, 2.75) is 20.5 Å². The van der Waals surface area contributed by atoms with Gasteiger partial charge in [-0.25, -0.2) is 0 Å². The average molecular weight is 417 g/mol. The number of amides is 1. The number of nitrogens with zero attached hydrogens (tertiary/aromatic N) is 1. The first-order valence-corrected chi connectivity index (χ1v) is 9.61. The van der Waals surface area contributed by atoms with E-state index in [1.54, 1.807) is 6.07 Å². The van der Waals surface area contributed by atoms with Crippen LogP contribution < -0.4 is 10.1 Å². The van der Waals surface area contributed by atoms with Gasteiger partial charge in [-0.1, -0.05) is 17.7 Å². The maximum atomic E-state index is 12.4. The fraction of sp³-hybridized carbons (Fsp3) is 0.150. The number of nitrogens with one attached hydrogen (secondary N) is 1. The van der Waals surface area contributed by atoms with Crippen molar-refractivity contribution in [2.24, 2.45) is 0 Å². The third-order valence-corrected chi connectivity index (χ3v) is 5.18. The topological polar surface area (TPSA) is 81.5 Å². The van der Waals surface area contributed by atoms with Gasteiger partial charge in [-0.2, -0.15) is 0 Å². The lowest BCUT2D eigenvalue weighted by Gasteiger charge is -2.07. The molecule has 1 aromatic heterocycles. The van der Waals surface area contributed by atoms with Crippen LogP contribution in [0.3, 0.4) is 0 Å². The Hall–Kier alpha value is -2.90. The van der Waals surface area contributed by atoms with Crippen molar-refractivity contribution in [3.8, 4) is 5.75 Å². The van der Waals surface area contributed by atoms with E-state index in [4.69, 9.17) is 16.3 Å². The lowest BCUT2D eigenvalue weighted by molar-refractivity contribution is -0.384. The molecular formula is C20H17ClN2O4S. The molecule has 2 aromatic carbocycles. The minimum atomic E-state index is -0.543. The summed E-state index contributed by atoms with van der Waals surface area (Å²) < 4.78 is 5.81. The molecule has 0 aliphatic carbocycles. The molecule has 6 nitrogen and oxygen atoms in total. The molecule has 0 aliphatic heterocycles. The predicted octanol–water partition coefficient (Wildman–Crippen LogP) is 5.76. The molecule has 144 valence electrons. The van der Waals surface area contributed by atoms with E-state index in [0.717, 1.165) is 22.4 Å². The second-order valence-electron chi connectivity index (χ2n) is 6.31. The van der Waals surface area contributed by atoms with Gasteiger partial charge in [-0.05, 0) is 54.6 Å². The van der Waals surface area contributed by atoms with Gasteiger partial charge in [0.2, 0.25) is 0 Å². The summed E-state index contributed by atoms with van der Waals surface area (Å²) in [7, 11) is 0. The Balaban J connectivity index is 1.64. The van der Waals surface area contributed by atoms with Gasteiger partial charge in [0.25, 0.3) is 11.6 Å². The first kappa shape index (κ1) is 19.9. The molecule has 0 fully saturated rings. The largest absolute Gasteiger partial charge is 0.489 e. The fourth-order valence-electron chi connectivity index (χ4n) is 2.66. The molecule has 0 saturated heterocycles. The zero-order chi connectivity index (χ0) is 20.3. The lowest BCUT2D eigenvalue weighted by Crippen LogP contribution is -2.10. The molecular weight excluding hydrogens is 400 g/mol. The van der Waals surface area contributed by atoms with E-state index in [9.17, 15) is 14.9 Å². The fourth-order valence-corrected chi connectivity index (χ4v) is 3.67. The van der Waals surface area contributed by atoms with Gasteiger partial charge in [0.05, 0.1) is 20.5 Å². The number of halogens is 1. The molecule has 0 unspecified atom stereocenters. The highest BCUT2D eigenvalue weighted by Gasteiger charge is 2.14. The number of carbonyl (C=O) groups is 1. The van der Waals surface area contributed by atoms with Gasteiger partial charge < -0.3 is 10.1 Å². The smallest absolute Gasteiger partial charge is 0.271 e. The average Bonchev–Trinajstić information content (AvgIpc) is 3.10. The maximum Gasteiger partial charge on any atom is 0.271 e. The number of nitro benzene ring substituents is 1. The number of hydrogen-bond acceptors (Lipinski definition) is 5. The molecule has 1 amide bonds. The van der Waals surface area contributed by atoms with Crippen LogP contribution in [0.1, 0.15) is 26.4 Å². The predicted molar refractivity (Wildman–Crippen MR) is 111 cm³/mol. The molecule has 0 atom stereocenters. The van der Waals surface area contributed by atoms with Gasteiger partial charge in [0, 0.05) is 17.7 Å². The Morgan fingerprint density at radius 3 is 2.54 bits per heavy atom. The van der Waals surface area contributed by atoms with Crippen molar-refractivity contribution in [3.63, 3.8) is 0 Å². The van der Waals surface area contributed by atoms with E-state index in [-0.39, 0.29) is 16.6 Å². The van der Waals surface area contributed by atoms with Crippen LogP contribution in [0.5, 0.6) is 5.75 Å². The van der Waals surface area contributed by atoms with Crippen molar-refractivity contribution in [1.29, 1.82) is 0 Å². The van der Waals surface area contributed by atoms with Crippen LogP contribution in [0.4, 0.5) is 11.4 Å². The monoisotopic (exact) mass is 416 g/mol. The first-order valence-electron chi connectivity index (χ1n) is 8.35. The van der Waals surface area contributed by atoms with Crippen molar-refractivity contribution >= 4 is 40.2 Å². The minimum absolute atomic E-state index is 0.109. The van der Waals surface area contributed by atoms with E-state index in [1.807, 2.05) is 31.4 Å². The number of rotatable bonds is 6. The van der Waals surface area contributed by atoms with Gasteiger partial charge in [0.15, 0.2) is 0 Å². The summed E-state index contributed by atoms with van der Waals surface area (Å²) in [6, 6.07) is 11.7. The van der Waals surface area contributed by atoms with Gasteiger partial charge in [-0.15, -0.1) is 11.3 Å². The normalized spacial score (nSPS) is 10.5. The Bertz CT molecular complexity index is 1030. The van der Waals surface area contributed by atoms with Crippen LogP contribution in [0, 0.1) is 24.0 Å². The quantitative estimate of drug-likeness (QED) is 0.409. The summed E-state index contributed by atoms with van der Waals surface area (Å²) in [4.78, 5) is 23.1. The number of ether oxygens (including phenoxy) is 1. The number of nitro groups is 1. The Morgan fingerprint density at radius 1 is 1.18 bits per heavy atom. The molecule has 3 aromatic rings. The summed E-state index contributed by atoms with van der Waals surface area (Å²) in [5, 5.41) is 15.4. The maximum absolute atomic E-state index is 12.4. The van der Waals surface area contributed by atoms with Crippen LogP contribution in [0.25, 0.3) is 0 Å². The highest BCUT2D eigenvalue weighted by molar-refractivity contribution is 7.12. The third-order valence-electron chi connectivity index (χ3n) is 3.89. The molecule has 0 bridgehead atoms. The van der Waals surface area contributed by atoms with Crippen molar-refractivity contribution in [1.82, 2.24) is 0 Å². The van der Waals surface area contributed by atoms with Crippen molar-refractivity contribution < 1.29 is 14.5 Å². The third kappa shape index (κ3) is 4.88. The van der Waals surface area contributed by atoms with Crippen LogP contribution in [0.2, 0.25) is 5.02 Å². The number of carbonyl (C=O) groups excluding carboxylic acids is 1. The number of aryl methyl sites for hydroxylation is 2. The second kappa shape index (κ2) is 8.41. The molecule has 1 N–H and O–H groups in total. The van der Waals surface area contributed by atoms with Crippen LogP contribution in [0.15, 0.2) is 47.8 Å². The lowest BCUT2D eigenvalue weighted by atomic mass is 10.1. The van der Waals surface area contributed by atoms with E-state index in [0.29, 0.717) is 17.2 Å². The molecule has 0 spiro atoms. The molecule has 28 heavy (non-hydrogen) atoms. The molecule has 0 saturated carbocycles. The number of hydrogen-bond donors (Lipinski definition) is 1. The van der Waals surface area contributed by atoms with Gasteiger partial charge >= 0.3 is 0 Å². The summed E-state index contributed by atoms with van der Waals surface area (Å²) >= 11 is 7.31. The van der Waals surface area contributed by atoms with Crippen LogP contribution >= 0.6 is 22.9 Å². The van der Waals surface area contributed by atoms with Crippen LogP contribution in [-0.4, -0.2) is 10.8 Å². The number of non-ortho nitro benzene ring substituents is 1. The number of thiophene rings is 1. The summed E-state index contributed by atoms with van der Waals surface area (Å²) in [6.45, 7) is 4.37. The first-order chi connectivity index (χ1) is 13.3. The molecule has 0 radical (unpaired) electrons. The second-order valence-corrected chi connectivity index (χ2v) is 7.63. The van der Waals surface area contributed by atoms with E-state index in [2.05, 4.69) is 11.4 Å². The number of benzene rings is 2. The standard InChI is InChI=1S/C20H17ClN2O4S/c1-12-5-13(2)7-16(6-12)27-10-14-8-19(28-11-14)20(24)22-18-4-3-15(23(25)26)9-17(18)21/h3-9,11H,10H2,1-2H3,(H,22,24). The minimum Gasteiger partial charge on any atom is -0.489 e. The van der Waals surface area contributed by atoms with Gasteiger partial charge in [0.1, 0.15) is 12.4 Å². The van der Waals surface area contributed by atoms with Crippen molar-refractivity contribution in [2.75, 3.05) is 5.32 Å². The zero-order valence-electron chi connectivity index (χ0n) is 15.2. The van der Waals surface area contributed by atoms with E-state index >= 15 is 0 Å². The molecule has 0 aliphatic rings. The van der Waals surface area contributed by atoms with Crippen molar-refractivity contribution in [3.05, 3.63) is 84.5 Å². The molecule has 8 heteroatoms. The summed E-state index contributed by atoms with van der Waals surface area (Å²) in [5.41, 5.74) is 3.31. The molecule has 3 rings (SSSR count). The van der Waals surface area contributed by atoms with Crippen LogP contribution in [-0.2, 0) is 6.61 Å². The summed E-state index contributed by atoms with van der Waals surface area (Å²) in [6.07, 6.45) is 0. The zero-order valence-corrected chi connectivity index (χ0v) is 16.8. The SMILES string of the molecule is Cc1cc(C)cc(OCc2csc(C(=O)Nc3ccc([N+](=O)[O-])cc3Cl)c2)c1. The van der Waals surface area contributed by atoms with Gasteiger partial charge in [-0.3, -0.25) is 14.9 Å². The van der Waals surface area contributed by atoms with E-state index in [1.165, 1.54) is 29.5 Å². The Morgan fingerprint density at radius 2 is 1.89 bits per heavy atom. The number of anilines is 1. The van der Waals surface area contributed by atoms with E-state index < -0.39 is 4.92 Å². The summed E-state index contributed by atoms with van der Waals surface area (Å²) in [5.74, 6) is 0.450. The molecule has 1 heterocycles. The highest BCUT2D eigenvalue weighted by Crippen LogP contribution is 2.28. The Kier molecular flexibility index (Phi) is 5.96.